The minimum atomic E-state index is 0. The van der Waals surface area contributed by atoms with Crippen LogP contribution in [0.2, 0.25) is 0 Å². The molecule has 0 spiro atoms. The topological polar surface area (TPSA) is 70.0 Å². The first-order valence-corrected chi connectivity index (χ1v) is 13.8. The summed E-state index contributed by atoms with van der Waals surface area (Å²) in [5.74, 6) is 1.63. The van der Waals surface area contributed by atoms with Crippen LogP contribution >= 0.6 is 0 Å². The average Bonchev–Trinajstić information content (AvgIpc) is 3.07. The van der Waals surface area contributed by atoms with Gasteiger partial charge in [0, 0.05) is 31.9 Å². The average molecular weight is 734 g/mol. The summed E-state index contributed by atoms with van der Waals surface area (Å²) in [4.78, 5) is 18.3. The van der Waals surface area contributed by atoms with E-state index in [2.05, 4.69) is 74.7 Å². The van der Waals surface area contributed by atoms with Crippen LogP contribution in [0, 0.1) is 11.5 Å². The quantitative estimate of drug-likeness (QED) is 0.163. The zero-order valence-electron chi connectivity index (χ0n) is 24.6. The molecule has 1 radical (unpaired) electrons. The van der Waals surface area contributed by atoms with Gasteiger partial charge in [0.05, 0.1) is 0 Å². The zero-order chi connectivity index (χ0) is 28.8. The number of para-hydroxylation sites is 2. The Labute approximate surface area is 261 Å². The molecule has 0 unspecified atom stereocenters. The molecule has 2 aromatic heterocycles. The molecule has 5 aromatic rings. The number of nitrogens with zero attached hydrogens (tertiary/aromatic N) is 4. The molecule has 1 aliphatic rings. The van der Waals surface area contributed by atoms with E-state index >= 15 is 0 Å². The largest absolute Gasteiger partial charge is 0.424 e. The van der Waals surface area contributed by atoms with Crippen molar-refractivity contribution in [2.24, 2.45) is 5.41 Å². The third-order valence-electron chi connectivity index (χ3n) is 9.22. The van der Waals surface area contributed by atoms with E-state index in [1.54, 1.807) is 6.20 Å². The molecule has 0 bridgehead atoms. The van der Waals surface area contributed by atoms with Gasteiger partial charge in [0.15, 0.2) is 5.82 Å². The maximum absolute atomic E-state index is 5.94. The number of pyridine rings is 1. The molecule has 0 N–H and O–H groups in total. The zero-order valence-corrected chi connectivity index (χ0v) is 27.0. The number of aromatic nitrogens is 4. The van der Waals surface area contributed by atoms with E-state index in [0.717, 1.165) is 16.8 Å². The molecule has 0 saturated carbocycles. The fourth-order valence-electron chi connectivity index (χ4n) is 5.56. The van der Waals surface area contributed by atoms with Gasteiger partial charge in [0.2, 0.25) is 0 Å². The Morgan fingerprint density at radius 1 is 0.643 bits per heavy atom. The molecular formula is C35H33IrN4O2-. The van der Waals surface area contributed by atoms with Gasteiger partial charge in [-0.2, -0.15) is 9.97 Å². The first-order valence-electron chi connectivity index (χ1n) is 13.8. The van der Waals surface area contributed by atoms with E-state index in [0.29, 0.717) is 17.3 Å². The van der Waals surface area contributed by atoms with E-state index in [1.807, 2.05) is 72.8 Å². The van der Waals surface area contributed by atoms with Crippen molar-refractivity contribution in [1.29, 1.82) is 0 Å². The van der Waals surface area contributed by atoms with Crippen molar-refractivity contribution in [1.82, 2.24) is 19.9 Å². The number of hydrogen-bond acceptors (Lipinski definition) is 6. The number of rotatable bonds is 6. The van der Waals surface area contributed by atoms with Crippen LogP contribution < -0.4 is 9.47 Å². The Morgan fingerprint density at radius 3 is 1.71 bits per heavy atom. The van der Waals surface area contributed by atoms with E-state index in [1.165, 1.54) is 11.1 Å². The normalized spacial score (nSPS) is 15.8. The van der Waals surface area contributed by atoms with Gasteiger partial charge in [-0.3, -0.25) is 0 Å². The van der Waals surface area contributed by atoms with Crippen LogP contribution in [0.5, 0.6) is 23.5 Å². The summed E-state index contributed by atoms with van der Waals surface area (Å²) in [7, 11) is 0. The molecule has 2 heterocycles. The number of hydrogen-bond donors (Lipinski definition) is 0. The third-order valence-corrected chi connectivity index (χ3v) is 9.22. The first-order chi connectivity index (χ1) is 19.6. The van der Waals surface area contributed by atoms with Crippen LogP contribution in [0.3, 0.4) is 0 Å². The molecule has 6 rings (SSSR count). The van der Waals surface area contributed by atoms with Crippen molar-refractivity contribution in [2.45, 2.75) is 52.4 Å². The van der Waals surface area contributed by atoms with E-state index in [4.69, 9.17) is 14.5 Å². The predicted octanol–water partition coefficient (Wildman–Crippen LogP) is 8.58. The first kappa shape index (κ1) is 29.6. The van der Waals surface area contributed by atoms with Crippen molar-refractivity contribution < 1.29 is 29.6 Å². The van der Waals surface area contributed by atoms with Crippen molar-refractivity contribution >= 4 is 0 Å². The van der Waals surface area contributed by atoms with Gasteiger partial charge < -0.3 is 14.5 Å². The molecule has 0 aliphatic heterocycles. The molecule has 7 heteroatoms. The number of benzene rings is 3. The Morgan fingerprint density at radius 2 is 1.19 bits per heavy atom. The van der Waals surface area contributed by atoms with E-state index < -0.39 is 0 Å². The standard InChI is InChI=1S/C35H33N4O2.Ir/c1-33(2)27-19-17-23(21-28(27)34(3,4)35(33,5)6)29-20-18-24(22-36-29)30-37-31(40-25-13-9-7-10-14-25)39-32(38-30)41-26-15-11-8-12-16-26;/h7-16,18-22H,1-6H3;/q-1;. The number of fused-ring (bicyclic) bond motifs is 1. The Hall–Kier alpha value is -3.93. The molecule has 6 nitrogen and oxygen atoms in total. The minimum absolute atomic E-state index is 0. The van der Waals surface area contributed by atoms with Crippen LogP contribution in [0.1, 0.15) is 52.7 Å². The Bertz CT molecular complexity index is 1640. The summed E-state index contributed by atoms with van der Waals surface area (Å²) in [5.41, 5.74) is 5.37. The summed E-state index contributed by atoms with van der Waals surface area (Å²) in [6, 6.07) is 30.9. The monoisotopic (exact) mass is 734 g/mol. The fourth-order valence-corrected chi connectivity index (χ4v) is 5.56. The maximum Gasteiger partial charge on any atom is 0.328 e. The van der Waals surface area contributed by atoms with Gasteiger partial charge in [0.25, 0.3) is 0 Å². The van der Waals surface area contributed by atoms with Gasteiger partial charge in [-0.05, 0) is 46.2 Å². The third kappa shape index (κ3) is 5.12. The summed E-state index contributed by atoms with van der Waals surface area (Å²) in [5, 5.41) is 0. The molecule has 215 valence electrons. The molecule has 0 amide bonds. The summed E-state index contributed by atoms with van der Waals surface area (Å²) in [6.45, 7) is 14.1. The molecule has 0 atom stereocenters. The van der Waals surface area contributed by atoms with Crippen LogP contribution in [-0.2, 0) is 30.9 Å². The van der Waals surface area contributed by atoms with Crippen molar-refractivity contribution in [2.75, 3.05) is 0 Å². The van der Waals surface area contributed by atoms with E-state index in [-0.39, 0.29) is 48.4 Å². The molecule has 0 saturated heterocycles. The molecular weight excluding hydrogens is 701 g/mol. The van der Waals surface area contributed by atoms with Gasteiger partial charge in [0.1, 0.15) is 11.5 Å². The van der Waals surface area contributed by atoms with Crippen molar-refractivity contribution in [3.05, 3.63) is 108 Å². The van der Waals surface area contributed by atoms with Gasteiger partial charge >= 0.3 is 12.0 Å². The fraction of sp³-hybridized carbons (Fsp3) is 0.257. The van der Waals surface area contributed by atoms with Crippen LogP contribution in [0.4, 0.5) is 0 Å². The molecule has 0 fully saturated rings. The van der Waals surface area contributed by atoms with Crippen molar-refractivity contribution in [3.63, 3.8) is 0 Å². The van der Waals surface area contributed by atoms with E-state index in [9.17, 15) is 0 Å². The summed E-state index contributed by atoms with van der Waals surface area (Å²) >= 11 is 0. The van der Waals surface area contributed by atoms with Crippen molar-refractivity contribution in [3.8, 4) is 46.2 Å². The smallest absolute Gasteiger partial charge is 0.328 e. The molecule has 3 aromatic carbocycles. The Kier molecular flexibility index (Phi) is 7.78. The van der Waals surface area contributed by atoms with Gasteiger partial charge in [-0.25, -0.2) is 0 Å². The Balaban J connectivity index is 0.00000353. The van der Waals surface area contributed by atoms with Crippen LogP contribution in [0.15, 0.2) is 91.1 Å². The van der Waals surface area contributed by atoms with Crippen LogP contribution in [-0.4, -0.2) is 19.9 Å². The van der Waals surface area contributed by atoms with Crippen LogP contribution in [0.25, 0.3) is 22.6 Å². The second-order valence-electron chi connectivity index (χ2n) is 12.0. The summed E-state index contributed by atoms with van der Waals surface area (Å²) < 4.78 is 11.9. The maximum atomic E-state index is 5.94. The second-order valence-corrected chi connectivity index (χ2v) is 12.0. The SMILES string of the molecule is CC1(C)c2c[c-]c(-c3ccc(-c4nc(Oc5ccccc5)nc(Oc5ccccc5)n4)cn3)cc2C(C)(C)C1(C)C.[Ir]. The predicted molar refractivity (Wildman–Crippen MR) is 160 cm³/mol. The molecule has 42 heavy (non-hydrogen) atoms. The minimum Gasteiger partial charge on any atom is -0.424 e. The number of ether oxygens (including phenoxy) is 2. The summed E-state index contributed by atoms with van der Waals surface area (Å²) in [6.07, 6.45) is 1.77. The molecule has 1 aliphatic carbocycles. The van der Waals surface area contributed by atoms with Gasteiger partial charge in [-0.1, -0.05) is 90.1 Å². The second kappa shape index (κ2) is 11.0. The van der Waals surface area contributed by atoms with Gasteiger partial charge in [-0.15, -0.1) is 39.9 Å².